The maximum Gasteiger partial charge on any atom is 0.356 e. The predicted octanol–water partition coefficient (Wildman–Crippen LogP) is 2.57. The molecule has 13 nitrogen and oxygen atoms in total. The standard InChI is InChI=1S/C25H21F2N7O6S/c1-25(2)19-17(10-34(25)41(39,40)14-7-12(26)6-13(27)8-14)22(33-32-19)31-23(36)16-5-11(3-4-15(16)20(28)35)21-29-9-18(30-21)24(37)38/h3-9H,10H2,1-2H3,(H2,28,35)(H,29,30)(H,37,38)(H2,31,32,33,36). The van der Waals surface area contributed by atoms with E-state index in [-0.39, 0.29) is 46.1 Å². The second-order valence-electron chi connectivity index (χ2n) is 9.62. The van der Waals surface area contributed by atoms with E-state index >= 15 is 0 Å². The molecule has 5 rings (SSSR count). The van der Waals surface area contributed by atoms with E-state index in [9.17, 15) is 31.6 Å². The number of carboxylic acid groups (broad SMARTS) is 1. The molecule has 0 saturated heterocycles. The Labute approximate surface area is 230 Å². The minimum absolute atomic E-state index is 0.0480. The van der Waals surface area contributed by atoms with Gasteiger partial charge in [-0.05, 0) is 38.1 Å². The lowest BCUT2D eigenvalue weighted by atomic mass is 10.0. The Morgan fingerprint density at radius 3 is 2.39 bits per heavy atom. The van der Waals surface area contributed by atoms with Gasteiger partial charge in [-0.3, -0.25) is 14.7 Å². The Morgan fingerprint density at radius 2 is 1.78 bits per heavy atom. The van der Waals surface area contributed by atoms with Crippen LogP contribution in [0.3, 0.4) is 0 Å². The highest BCUT2D eigenvalue weighted by Gasteiger charge is 2.48. The molecule has 1 aliphatic heterocycles. The van der Waals surface area contributed by atoms with Gasteiger partial charge in [-0.15, -0.1) is 0 Å². The van der Waals surface area contributed by atoms with Crippen molar-refractivity contribution in [1.29, 1.82) is 0 Å². The van der Waals surface area contributed by atoms with Crippen molar-refractivity contribution >= 4 is 33.6 Å². The topological polar surface area (TPSA) is 204 Å². The number of halogens is 2. The molecule has 0 saturated carbocycles. The van der Waals surface area contributed by atoms with Crippen molar-refractivity contribution < 1.29 is 36.7 Å². The molecule has 2 amide bonds. The van der Waals surface area contributed by atoms with Crippen LogP contribution in [-0.4, -0.2) is 55.8 Å². The number of amides is 2. The fourth-order valence-corrected chi connectivity index (χ4v) is 6.40. The summed E-state index contributed by atoms with van der Waals surface area (Å²) in [5, 5.41) is 18.5. The van der Waals surface area contributed by atoms with Gasteiger partial charge in [0.25, 0.3) is 5.91 Å². The van der Waals surface area contributed by atoms with Crippen molar-refractivity contribution in [2.75, 3.05) is 5.32 Å². The Hall–Kier alpha value is -4.96. The van der Waals surface area contributed by atoms with E-state index in [2.05, 4.69) is 25.5 Å². The minimum atomic E-state index is -4.41. The second-order valence-corrected chi connectivity index (χ2v) is 11.5. The largest absolute Gasteiger partial charge is 0.476 e. The Kier molecular flexibility index (Phi) is 6.46. The number of hydrogen-bond acceptors (Lipinski definition) is 7. The van der Waals surface area contributed by atoms with Crippen LogP contribution < -0.4 is 11.1 Å². The molecule has 41 heavy (non-hydrogen) atoms. The quantitative estimate of drug-likeness (QED) is 0.217. The average molecular weight is 586 g/mol. The van der Waals surface area contributed by atoms with Gasteiger partial charge in [0.2, 0.25) is 15.9 Å². The van der Waals surface area contributed by atoms with E-state index < -0.39 is 49.9 Å². The first-order chi connectivity index (χ1) is 19.2. The van der Waals surface area contributed by atoms with Crippen molar-refractivity contribution in [3.63, 3.8) is 0 Å². The highest BCUT2D eigenvalue weighted by Crippen LogP contribution is 2.44. The lowest BCUT2D eigenvalue weighted by Gasteiger charge is -2.30. The number of nitrogens with zero attached hydrogens (tertiary/aromatic N) is 3. The van der Waals surface area contributed by atoms with Crippen LogP contribution in [0.2, 0.25) is 0 Å². The van der Waals surface area contributed by atoms with Gasteiger partial charge in [0.1, 0.15) is 17.5 Å². The third-order valence-corrected chi connectivity index (χ3v) is 8.66. The number of nitrogens with two attached hydrogens (primary N) is 1. The molecule has 6 N–H and O–H groups in total. The number of rotatable bonds is 7. The van der Waals surface area contributed by atoms with Crippen molar-refractivity contribution in [3.05, 3.63) is 82.3 Å². The molecule has 0 fully saturated rings. The molecule has 0 bridgehead atoms. The molecule has 1 aliphatic rings. The second kappa shape index (κ2) is 9.60. The summed E-state index contributed by atoms with van der Waals surface area (Å²) in [6.45, 7) is 2.81. The molecular weight excluding hydrogens is 564 g/mol. The van der Waals surface area contributed by atoms with Crippen molar-refractivity contribution in [1.82, 2.24) is 24.5 Å². The number of aromatic amines is 2. The summed E-state index contributed by atoms with van der Waals surface area (Å²) in [4.78, 5) is 42.6. The molecule has 0 spiro atoms. The number of hydrogen-bond donors (Lipinski definition) is 5. The van der Waals surface area contributed by atoms with Crippen LogP contribution in [0.1, 0.15) is 56.3 Å². The number of nitrogens with one attached hydrogen (secondary N) is 3. The first-order valence-corrected chi connectivity index (χ1v) is 13.2. The number of anilines is 1. The van der Waals surface area contributed by atoms with Crippen LogP contribution in [0.25, 0.3) is 11.4 Å². The molecule has 2 aromatic heterocycles. The van der Waals surface area contributed by atoms with Gasteiger partial charge in [-0.1, -0.05) is 6.07 Å². The van der Waals surface area contributed by atoms with Gasteiger partial charge in [0.05, 0.1) is 27.3 Å². The van der Waals surface area contributed by atoms with Gasteiger partial charge < -0.3 is 21.1 Å². The number of H-pyrrole nitrogens is 2. The molecule has 4 aromatic rings. The summed E-state index contributed by atoms with van der Waals surface area (Å²) >= 11 is 0. The van der Waals surface area contributed by atoms with Crippen LogP contribution >= 0.6 is 0 Å². The Bertz CT molecular complexity index is 1850. The molecule has 16 heteroatoms. The van der Waals surface area contributed by atoms with Crippen LogP contribution in [-0.2, 0) is 22.1 Å². The van der Waals surface area contributed by atoms with Gasteiger partial charge in [0.15, 0.2) is 11.5 Å². The number of aromatic nitrogens is 4. The molecular formula is C25H21F2N7O6S. The van der Waals surface area contributed by atoms with E-state index in [0.29, 0.717) is 23.9 Å². The van der Waals surface area contributed by atoms with Crippen molar-refractivity contribution in [3.8, 4) is 11.4 Å². The molecule has 0 atom stereocenters. The lowest BCUT2D eigenvalue weighted by Crippen LogP contribution is -2.40. The highest BCUT2D eigenvalue weighted by atomic mass is 32.2. The van der Waals surface area contributed by atoms with Crippen molar-refractivity contribution in [2.45, 2.75) is 30.8 Å². The van der Waals surface area contributed by atoms with Crippen LogP contribution in [0.4, 0.5) is 14.6 Å². The normalized spacial score (nSPS) is 14.5. The maximum absolute atomic E-state index is 13.8. The van der Waals surface area contributed by atoms with Crippen LogP contribution in [0.15, 0.2) is 47.5 Å². The van der Waals surface area contributed by atoms with E-state index in [1.165, 1.54) is 18.2 Å². The summed E-state index contributed by atoms with van der Waals surface area (Å²) in [7, 11) is -4.41. The summed E-state index contributed by atoms with van der Waals surface area (Å²) in [6, 6.07) is 5.96. The van der Waals surface area contributed by atoms with Gasteiger partial charge in [0, 0.05) is 29.9 Å². The lowest BCUT2D eigenvalue weighted by molar-refractivity contribution is 0.0690. The molecule has 0 radical (unpaired) electrons. The number of primary amides is 1. The number of carbonyl (C=O) groups is 3. The maximum atomic E-state index is 13.8. The first kappa shape index (κ1) is 27.6. The average Bonchev–Trinajstić information content (AvgIpc) is 3.60. The van der Waals surface area contributed by atoms with Crippen LogP contribution in [0.5, 0.6) is 0 Å². The molecule has 212 valence electrons. The van der Waals surface area contributed by atoms with E-state index in [1.54, 1.807) is 13.8 Å². The number of fused-ring (bicyclic) bond motifs is 1. The summed E-state index contributed by atoms with van der Waals surface area (Å²) < 4.78 is 55.4. The zero-order chi connectivity index (χ0) is 29.9. The molecule has 0 aliphatic carbocycles. The smallest absolute Gasteiger partial charge is 0.356 e. The minimum Gasteiger partial charge on any atom is -0.476 e. The fourth-order valence-electron chi connectivity index (χ4n) is 4.63. The number of carbonyl (C=O) groups excluding carboxylic acids is 2. The number of benzene rings is 2. The van der Waals surface area contributed by atoms with Gasteiger partial charge in [-0.25, -0.2) is 27.0 Å². The van der Waals surface area contributed by atoms with E-state index in [4.69, 9.17) is 10.8 Å². The Morgan fingerprint density at radius 1 is 1.10 bits per heavy atom. The molecule has 0 unspecified atom stereocenters. The summed E-state index contributed by atoms with van der Waals surface area (Å²) in [6.07, 6.45) is 1.16. The van der Waals surface area contributed by atoms with Crippen LogP contribution in [0, 0.1) is 11.6 Å². The predicted molar refractivity (Wildman–Crippen MR) is 138 cm³/mol. The number of imidazole rings is 1. The first-order valence-electron chi connectivity index (χ1n) is 11.8. The van der Waals surface area contributed by atoms with Gasteiger partial charge in [-0.2, -0.15) is 9.40 Å². The van der Waals surface area contributed by atoms with E-state index in [0.717, 1.165) is 10.5 Å². The molecule has 2 aromatic carbocycles. The zero-order valence-electron chi connectivity index (χ0n) is 21.3. The van der Waals surface area contributed by atoms with Crippen molar-refractivity contribution in [2.24, 2.45) is 5.73 Å². The summed E-state index contributed by atoms with van der Waals surface area (Å²) in [5.41, 5.74) is 4.50. The third-order valence-electron chi connectivity index (χ3n) is 6.66. The number of carboxylic acids is 1. The highest BCUT2D eigenvalue weighted by molar-refractivity contribution is 7.89. The number of sulfonamides is 1. The molecule has 3 heterocycles. The monoisotopic (exact) mass is 585 g/mol. The number of aromatic carboxylic acids is 1. The van der Waals surface area contributed by atoms with Gasteiger partial charge >= 0.3 is 5.97 Å². The SMILES string of the molecule is CC1(C)c2[nH]nc(NC(=O)c3cc(-c4nc(C(=O)O)c[nH]4)ccc3C(N)=O)c2CN1S(=O)(=O)c1cc(F)cc(F)c1. The fraction of sp³-hybridized carbons (Fsp3) is 0.160. The van der Waals surface area contributed by atoms with E-state index in [1.807, 2.05) is 0 Å². The zero-order valence-corrected chi connectivity index (χ0v) is 22.1. The third kappa shape index (κ3) is 4.72. The summed E-state index contributed by atoms with van der Waals surface area (Å²) in [5.74, 6) is -5.07. The Balaban J connectivity index is 1.48.